The van der Waals surface area contributed by atoms with Gasteiger partial charge in [-0.3, -0.25) is 19.1 Å². The summed E-state index contributed by atoms with van der Waals surface area (Å²) in [5.41, 5.74) is -1.17. The molecule has 4 aliphatic rings. The highest BCUT2D eigenvalue weighted by atomic mass is 32.2. The number of fused-ring (bicyclic) bond motifs is 1. The Kier molecular flexibility index (Phi) is 11.7. The number of pyridine rings is 1. The lowest BCUT2D eigenvalue weighted by Crippen LogP contribution is -2.60. The lowest BCUT2D eigenvalue weighted by Gasteiger charge is -2.36. The lowest BCUT2D eigenvalue weighted by molar-refractivity contribution is -0.143. The molecule has 0 bridgehead atoms. The summed E-state index contributed by atoms with van der Waals surface area (Å²) < 4.78 is 46.7. The molecule has 61 heavy (non-hydrogen) atoms. The van der Waals surface area contributed by atoms with Gasteiger partial charge in [-0.15, -0.1) is 6.58 Å². The monoisotopic (exact) mass is 857 g/mol. The summed E-state index contributed by atoms with van der Waals surface area (Å²) in [5.74, 6) is -1.18. The number of alkyl carbamates (subject to hydrolysis) is 1. The number of ether oxygens (including phenoxy) is 3. The fourth-order valence-corrected chi connectivity index (χ4v) is 10.3. The van der Waals surface area contributed by atoms with Crippen LogP contribution < -0.4 is 24.8 Å². The van der Waals surface area contributed by atoms with Gasteiger partial charge in [-0.2, -0.15) is 0 Å². The van der Waals surface area contributed by atoms with Crippen molar-refractivity contribution >= 4 is 44.7 Å². The predicted molar refractivity (Wildman–Crippen MR) is 231 cm³/mol. The summed E-state index contributed by atoms with van der Waals surface area (Å²) >= 11 is 0. The van der Waals surface area contributed by atoms with Gasteiger partial charge < -0.3 is 29.7 Å². The van der Waals surface area contributed by atoms with Crippen molar-refractivity contribution in [2.24, 2.45) is 17.3 Å². The Balaban J connectivity index is 1.20. The van der Waals surface area contributed by atoms with E-state index in [2.05, 4.69) is 21.9 Å². The third-order valence-corrected chi connectivity index (χ3v) is 14.7. The average molecular weight is 858 g/mol. The van der Waals surface area contributed by atoms with Crippen LogP contribution in [-0.4, -0.2) is 89.8 Å². The van der Waals surface area contributed by atoms with Crippen LogP contribution in [0.5, 0.6) is 11.5 Å². The van der Waals surface area contributed by atoms with E-state index in [1.165, 1.54) is 11.0 Å². The summed E-state index contributed by atoms with van der Waals surface area (Å²) in [6, 6.07) is 14.5. The van der Waals surface area contributed by atoms with Crippen molar-refractivity contribution in [3.63, 3.8) is 0 Å². The number of amides is 4. The molecule has 0 unspecified atom stereocenters. The minimum Gasteiger partial charge on any atom is -0.497 e. The fourth-order valence-electron chi connectivity index (χ4n) is 8.56. The molecule has 4 amide bonds. The first-order valence-electron chi connectivity index (χ1n) is 21.2. The Hall–Kier alpha value is -5.18. The van der Waals surface area contributed by atoms with E-state index < -0.39 is 79.2 Å². The minimum absolute atomic E-state index is 0.0147. The molecule has 1 saturated heterocycles. The summed E-state index contributed by atoms with van der Waals surface area (Å²) in [4.78, 5) is 63.0. The number of hydrogen-bond donors (Lipinski definition) is 3. The van der Waals surface area contributed by atoms with Crippen LogP contribution in [0, 0.1) is 17.3 Å². The molecule has 1 aliphatic heterocycles. The van der Waals surface area contributed by atoms with E-state index in [0.29, 0.717) is 53.3 Å². The molecule has 3 aromatic rings. The fraction of sp³-hybridized carbons (Fsp3) is 0.543. The van der Waals surface area contributed by atoms with E-state index in [-0.39, 0.29) is 19.4 Å². The standard InChI is InChI=1S/C46H59N5O9S/c1-9-30-26-46(30,41(54)50-61(56,57)45(20-21-45)25-28-14-13-15-28)49-39(52)36-23-32(27-51(36)40(53)38(43(2,3)4)48-42(55)60-44(5,6)7)59-37-24-34(29-16-11-10-12-17-29)47-35-22-31(58-8)18-19-33(35)37/h9-12,16-19,22,24,28,30,32,36,38H,1,13-15,20-21,23,25-27H2,2-8H3,(H,48,55)(H,49,52)(H,50,54)/t30-,32+,36-,38+,46-/m0/s1. The van der Waals surface area contributed by atoms with Crippen molar-refractivity contribution in [1.82, 2.24) is 25.2 Å². The molecular formula is C46H59N5O9S. The van der Waals surface area contributed by atoms with Crippen molar-refractivity contribution in [3.05, 3.63) is 67.3 Å². The highest BCUT2D eigenvalue weighted by Crippen LogP contribution is 2.52. The average Bonchev–Trinajstić information content (AvgIpc) is 4.08. The van der Waals surface area contributed by atoms with E-state index in [4.69, 9.17) is 19.2 Å². The van der Waals surface area contributed by atoms with Gasteiger partial charge in [-0.05, 0) is 69.9 Å². The maximum atomic E-state index is 14.8. The Morgan fingerprint density at radius 2 is 1.72 bits per heavy atom. The Labute approximate surface area is 358 Å². The number of hydrogen-bond acceptors (Lipinski definition) is 10. The topological polar surface area (TPSA) is 182 Å². The summed E-state index contributed by atoms with van der Waals surface area (Å²) in [6.07, 6.45) is 4.67. The maximum Gasteiger partial charge on any atom is 0.408 e. The first-order chi connectivity index (χ1) is 28.7. The van der Waals surface area contributed by atoms with Crippen LogP contribution >= 0.6 is 0 Å². The van der Waals surface area contributed by atoms with Gasteiger partial charge in [0.05, 0.1) is 29.6 Å². The number of likely N-dealkylation sites (tertiary alicyclic amines) is 1. The largest absolute Gasteiger partial charge is 0.497 e. The van der Waals surface area contributed by atoms with Crippen LogP contribution in [0.15, 0.2) is 67.3 Å². The smallest absolute Gasteiger partial charge is 0.408 e. The molecule has 0 radical (unpaired) electrons. The van der Waals surface area contributed by atoms with Crippen LogP contribution in [0.25, 0.3) is 22.2 Å². The molecule has 2 aromatic carbocycles. The van der Waals surface area contributed by atoms with Crippen LogP contribution in [0.4, 0.5) is 4.79 Å². The zero-order chi connectivity index (χ0) is 44.1. The Morgan fingerprint density at radius 1 is 1.02 bits per heavy atom. The Morgan fingerprint density at radius 3 is 2.30 bits per heavy atom. The van der Waals surface area contributed by atoms with Crippen molar-refractivity contribution in [3.8, 4) is 22.8 Å². The van der Waals surface area contributed by atoms with Crippen LogP contribution in [-0.2, 0) is 29.1 Å². The quantitative estimate of drug-likeness (QED) is 0.153. The lowest BCUT2D eigenvalue weighted by atomic mass is 9.81. The van der Waals surface area contributed by atoms with E-state index in [1.54, 1.807) is 60.8 Å². The number of carbonyl (C=O) groups is 4. The second kappa shape index (κ2) is 16.3. The second-order valence-corrected chi connectivity index (χ2v) is 21.4. The van der Waals surface area contributed by atoms with Gasteiger partial charge in [0.2, 0.25) is 21.8 Å². The summed E-state index contributed by atoms with van der Waals surface area (Å²) in [5, 5.41) is 6.32. The number of rotatable bonds is 14. The highest BCUT2D eigenvalue weighted by Gasteiger charge is 2.64. The molecule has 0 spiro atoms. The molecule has 3 saturated carbocycles. The van der Waals surface area contributed by atoms with Crippen molar-refractivity contribution in [2.45, 2.75) is 127 Å². The third kappa shape index (κ3) is 9.22. The zero-order valence-corrected chi connectivity index (χ0v) is 37.0. The van der Waals surface area contributed by atoms with Gasteiger partial charge >= 0.3 is 6.09 Å². The van der Waals surface area contributed by atoms with Crippen molar-refractivity contribution in [2.75, 3.05) is 13.7 Å². The molecule has 2 heterocycles. The predicted octanol–water partition coefficient (Wildman–Crippen LogP) is 6.43. The number of sulfonamides is 1. The third-order valence-electron chi connectivity index (χ3n) is 12.5. The maximum absolute atomic E-state index is 14.8. The highest BCUT2D eigenvalue weighted by molar-refractivity contribution is 7.91. The van der Waals surface area contributed by atoms with E-state index in [0.717, 1.165) is 24.8 Å². The molecule has 14 nitrogen and oxygen atoms in total. The molecule has 4 fully saturated rings. The van der Waals surface area contributed by atoms with E-state index in [1.807, 2.05) is 42.5 Å². The number of carbonyl (C=O) groups excluding carboxylic acids is 4. The molecule has 15 heteroatoms. The number of nitrogens with one attached hydrogen (secondary N) is 3. The molecule has 3 aliphatic carbocycles. The van der Waals surface area contributed by atoms with E-state index >= 15 is 0 Å². The van der Waals surface area contributed by atoms with E-state index in [9.17, 15) is 27.6 Å². The number of methoxy groups -OCH3 is 1. The second-order valence-electron chi connectivity index (χ2n) is 19.3. The Bertz CT molecular complexity index is 2310. The molecule has 5 atom stereocenters. The molecule has 3 N–H and O–H groups in total. The summed E-state index contributed by atoms with van der Waals surface area (Å²) in [6.45, 7) is 14.4. The first kappa shape index (κ1) is 43.9. The minimum atomic E-state index is -4.05. The van der Waals surface area contributed by atoms with Gasteiger partial charge in [0.15, 0.2) is 0 Å². The van der Waals surface area contributed by atoms with Crippen LogP contribution in [0.3, 0.4) is 0 Å². The van der Waals surface area contributed by atoms with Crippen LogP contribution in [0.2, 0.25) is 0 Å². The number of nitrogens with zero attached hydrogens (tertiary/aromatic N) is 2. The summed E-state index contributed by atoms with van der Waals surface area (Å²) in [7, 11) is -2.48. The molecular weight excluding hydrogens is 799 g/mol. The SMILES string of the molecule is C=C[C@H]1C[C@@]1(NC(=O)[C@@H]1C[C@@H](Oc2cc(-c3ccccc3)nc3cc(OC)ccc23)CN1C(=O)[C@@H](NC(=O)OC(C)(C)C)C(C)(C)C)C(=O)NS(=O)(=O)C1(CC2CCC2)CC1. The van der Waals surface area contributed by atoms with Gasteiger partial charge in [0, 0.05) is 35.4 Å². The zero-order valence-electron chi connectivity index (χ0n) is 36.2. The van der Waals surface area contributed by atoms with Crippen molar-refractivity contribution in [1.29, 1.82) is 0 Å². The molecule has 7 rings (SSSR count). The van der Waals surface area contributed by atoms with Gasteiger partial charge in [-0.25, -0.2) is 18.2 Å². The van der Waals surface area contributed by atoms with Gasteiger partial charge in [0.25, 0.3) is 5.91 Å². The van der Waals surface area contributed by atoms with Crippen LogP contribution in [0.1, 0.15) is 92.9 Å². The molecule has 328 valence electrons. The molecule has 1 aromatic heterocycles. The first-order valence-corrected chi connectivity index (χ1v) is 22.7. The number of aromatic nitrogens is 1. The van der Waals surface area contributed by atoms with Gasteiger partial charge in [0.1, 0.15) is 40.8 Å². The van der Waals surface area contributed by atoms with Crippen molar-refractivity contribution < 1.29 is 41.8 Å². The normalized spacial score (nSPS) is 23.9. The van der Waals surface area contributed by atoms with Gasteiger partial charge in [-0.1, -0.05) is 76.4 Å². The number of benzene rings is 2.